The zero-order valence-electron chi connectivity index (χ0n) is 10.2. The van der Waals surface area contributed by atoms with Gasteiger partial charge in [0.1, 0.15) is 10.8 Å². The maximum absolute atomic E-state index is 12.8. The lowest BCUT2D eigenvalue weighted by Gasteiger charge is -2.12. The van der Waals surface area contributed by atoms with Gasteiger partial charge in [0.25, 0.3) is 0 Å². The molecule has 0 radical (unpaired) electrons. The number of alkyl halides is 3. The summed E-state index contributed by atoms with van der Waals surface area (Å²) in [7, 11) is 0. The number of hydrogen-bond donors (Lipinski definition) is 2. The smallest absolute Gasteiger partial charge is 0.384 e. The molecule has 20 heavy (non-hydrogen) atoms. The molecule has 0 atom stereocenters. The van der Waals surface area contributed by atoms with Gasteiger partial charge >= 0.3 is 6.18 Å². The molecule has 0 spiro atoms. The average Bonchev–Trinajstić information content (AvgIpc) is 2.73. The molecule has 9 heteroatoms. The fraction of sp³-hybridized carbons (Fsp3) is 0.182. The number of nitrogens with two attached hydrogens (primary N) is 1. The molecule has 2 aromatic rings. The van der Waals surface area contributed by atoms with Gasteiger partial charge in [0, 0.05) is 10.5 Å². The minimum atomic E-state index is -4.54. The van der Waals surface area contributed by atoms with E-state index in [9.17, 15) is 13.2 Å². The quantitative estimate of drug-likeness (QED) is 0.672. The standard InChI is InChI=1S/C11H9F3N4S2/c1-5-17-18-10(19-5)20-6-2-3-8(11(12,13)14)7(4-6)9(15)16/h2-4H,1H3,(H3,15,16). The fourth-order valence-electron chi connectivity index (χ4n) is 1.48. The lowest BCUT2D eigenvalue weighted by molar-refractivity contribution is -0.137. The molecular weight excluding hydrogens is 309 g/mol. The van der Waals surface area contributed by atoms with E-state index >= 15 is 0 Å². The number of nitrogen functional groups attached to an aromatic ring is 1. The van der Waals surface area contributed by atoms with Crippen LogP contribution < -0.4 is 5.73 Å². The molecule has 106 valence electrons. The highest BCUT2D eigenvalue weighted by Gasteiger charge is 2.34. The van der Waals surface area contributed by atoms with E-state index in [2.05, 4.69) is 10.2 Å². The van der Waals surface area contributed by atoms with Gasteiger partial charge in [-0.15, -0.1) is 10.2 Å². The van der Waals surface area contributed by atoms with Crippen molar-refractivity contribution >= 4 is 28.9 Å². The SMILES string of the molecule is Cc1nnc(Sc2ccc(C(F)(F)F)c(C(=N)N)c2)s1. The Kier molecular flexibility index (Phi) is 4.00. The van der Waals surface area contributed by atoms with Crippen molar-refractivity contribution in [2.75, 3.05) is 0 Å². The highest BCUT2D eigenvalue weighted by atomic mass is 32.2. The summed E-state index contributed by atoms with van der Waals surface area (Å²) in [5, 5.41) is 15.8. The van der Waals surface area contributed by atoms with Gasteiger partial charge < -0.3 is 5.73 Å². The number of aromatic nitrogens is 2. The molecule has 0 fully saturated rings. The molecule has 0 saturated carbocycles. The second-order valence-corrected chi connectivity index (χ2v) is 6.31. The van der Waals surface area contributed by atoms with Gasteiger partial charge in [-0.1, -0.05) is 23.1 Å². The Hall–Kier alpha value is -1.61. The molecule has 0 saturated heterocycles. The first-order valence-electron chi connectivity index (χ1n) is 5.31. The molecule has 0 aliphatic carbocycles. The van der Waals surface area contributed by atoms with Crippen LogP contribution in [0.25, 0.3) is 0 Å². The Morgan fingerprint density at radius 3 is 2.55 bits per heavy atom. The van der Waals surface area contributed by atoms with Crippen molar-refractivity contribution in [3.05, 3.63) is 34.3 Å². The second kappa shape index (κ2) is 5.41. The summed E-state index contributed by atoms with van der Waals surface area (Å²) >= 11 is 2.52. The third-order valence-corrected chi connectivity index (χ3v) is 4.18. The van der Waals surface area contributed by atoms with Crippen molar-refractivity contribution in [1.29, 1.82) is 5.41 Å². The predicted octanol–water partition coefficient (Wildman–Crippen LogP) is 3.30. The molecular formula is C11H9F3N4S2. The minimum absolute atomic E-state index is 0.330. The third kappa shape index (κ3) is 3.28. The van der Waals surface area contributed by atoms with E-state index in [0.29, 0.717) is 9.24 Å². The van der Waals surface area contributed by atoms with Crippen molar-refractivity contribution in [3.63, 3.8) is 0 Å². The third-order valence-electron chi connectivity index (χ3n) is 2.30. The summed E-state index contributed by atoms with van der Waals surface area (Å²) < 4.78 is 39.0. The summed E-state index contributed by atoms with van der Waals surface area (Å²) in [5.74, 6) is -0.617. The number of hydrogen-bond acceptors (Lipinski definition) is 5. The summed E-state index contributed by atoms with van der Waals surface area (Å²) in [6, 6.07) is 3.50. The van der Waals surface area contributed by atoms with Crippen molar-refractivity contribution < 1.29 is 13.2 Å². The van der Waals surface area contributed by atoms with E-state index in [0.717, 1.165) is 11.1 Å². The number of benzene rings is 1. The summed E-state index contributed by atoms with van der Waals surface area (Å²) in [5.41, 5.74) is 3.98. The van der Waals surface area contributed by atoms with Gasteiger partial charge in [-0.3, -0.25) is 5.41 Å². The number of halogens is 3. The number of amidine groups is 1. The fourth-order valence-corrected chi connectivity index (χ4v) is 3.31. The number of aryl methyl sites for hydroxylation is 1. The first kappa shape index (κ1) is 14.8. The van der Waals surface area contributed by atoms with Crippen molar-refractivity contribution in [2.45, 2.75) is 22.3 Å². The summed E-state index contributed by atoms with van der Waals surface area (Å²) in [4.78, 5) is 0.527. The predicted molar refractivity (Wildman–Crippen MR) is 71.2 cm³/mol. The van der Waals surface area contributed by atoms with Crippen molar-refractivity contribution in [1.82, 2.24) is 10.2 Å². The monoisotopic (exact) mass is 318 g/mol. The Morgan fingerprint density at radius 2 is 2.05 bits per heavy atom. The van der Waals surface area contributed by atoms with E-state index in [-0.39, 0.29) is 5.56 Å². The van der Waals surface area contributed by atoms with Crippen LogP contribution in [-0.2, 0) is 6.18 Å². The molecule has 0 bridgehead atoms. The van der Waals surface area contributed by atoms with E-state index in [4.69, 9.17) is 11.1 Å². The Balaban J connectivity index is 2.38. The lowest BCUT2D eigenvalue weighted by Crippen LogP contribution is -2.18. The van der Waals surface area contributed by atoms with Gasteiger partial charge in [-0.05, 0) is 25.1 Å². The van der Waals surface area contributed by atoms with Crippen LogP contribution in [0.4, 0.5) is 13.2 Å². The topological polar surface area (TPSA) is 75.7 Å². The number of nitrogens with zero attached hydrogens (tertiary/aromatic N) is 2. The molecule has 2 rings (SSSR count). The molecule has 3 N–H and O–H groups in total. The van der Waals surface area contributed by atoms with Gasteiger partial charge in [0.2, 0.25) is 0 Å². The molecule has 1 aromatic carbocycles. The summed E-state index contributed by atoms with van der Waals surface area (Å²) in [6.45, 7) is 1.79. The van der Waals surface area contributed by atoms with Crippen LogP contribution in [0, 0.1) is 12.3 Å². The van der Waals surface area contributed by atoms with Gasteiger partial charge in [0.05, 0.1) is 5.56 Å². The molecule has 0 unspecified atom stereocenters. The molecule has 0 aliphatic heterocycles. The largest absolute Gasteiger partial charge is 0.417 e. The molecule has 0 amide bonds. The van der Waals surface area contributed by atoms with Gasteiger partial charge in [-0.25, -0.2) is 0 Å². The first-order chi connectivity index (χ1) is 9.27. The van der Waals surface area contributed by atoms with Crippen LogP contribution in [0.3, 0.4) is 0 Å². The highest BCUT2D eigenvalue weighted by Crippen LogP contribution is 2.36. The minimum Gasteiger partial charge on any atom is -0.384 e. The first-order valence-corrected chi connectivity index (χ1v) is 6.94. The molecule has 4 nitrogen and oxygen atoms in total. The maximum Gasteiger partial charge on any atom is 0.417 e. The zero-order chi connectivity index (χ0) is 14.9. The Labute approximate surface area is 120 Å². The second-order valence-electron chi connectivity index (χ2n) is 3.81. The Bertz CT molecular complexity index is 651. The maximum atomic E-state index is 12.8. The van der Waals surface area contributed by atoms with Crippen molar-refractivity contribution in [3.8, 4) is 0 Å². The number of nitrogens with one attached hydrogen (secondary N) is 1. The van der Waals surface area contributed by atoms with Crippen LogP contribution in [-0.4, -0.2) is 16.0 Å². The van der Waals surface area contributed by atoms with Crippen LogP contribution in [0.5, 0.6) is 0 Å². The van der Waals surface area contributed by atoms with Crippen molar-refractivity contribution in [2.24, 2.45) is 5.73 Å². The van der Waals surface area contributed by atoms with E-state index in [1.165, 1.54) is 35.2 Å². The summed E-state index contributed by atoms with van der Waals surface area (Å²) in [6.07, 6.45) is -4.54. The molecule has 0 aliphatic rings. The lowest BCUT2D eigenvalue weighted by atomic mass is 10.1. The average molecular weight is 318 g/mol. The normalized spacial score (nSPS) is 11.6. The van der Waals surface area contributed by atoms with E-state index in [1.807, 2.05) is 0 Å². The van der Waals surface area contributed by atoms with E-state index < -0.39 is 17.6 Å². The highest BCUT2D eigenvalue weighted by molar-refractivity contribution is 8.01. The molecule has 1 heterocycles. The van der Waals surface area contributed by atoms with E-state index in [1.54, 1.807) is 6.92 Å². The molecule has 1 aromatic heterocycles. The number of rotatable bonds is 3. The zero-order valence-corrected chi connectivity index (χ0v) is 11.8. The van der Waals surface area contributed by atoms with Crippen LogP contribution in [0.2, 0.25) is 0 Å². The Morgan fingerprint density at radius 1 is 1.35 bits per heavy atom. The van der Waals surface area contributed by atoms with Gasteiger partial charge in [0.15, 0.2) is 4.34 Å². The van der Waals surface area contributed by atoms with Gasteiger partial charge in [-0.2, -0.15) is 13.2 Å². The van der Waals surface area contributed by atoms with Crippen LogP contribution in [0.1, 0.15) is 16.1 Å². The van der Waals surface area contributed by atoms with Crippen LogP contribution >= 0.6 is 23.1 Å². The van der Waals surface area contributed by atoms with Crippen LogP contribution in [0.15, 0.2) is 27.4 Å².